The van der Waals surface area contributed by atoms with Gasteiger partial charge >= 0.3 is 12.2 Å². The third kappa shape index (κ3) is 4.73. The number of hydrogen-bond donors (Lipinski definition) is 0. The standard InChI is InChI=1S/C16H16F3N3O4S/c17-16(18,19)12-2-4-14(5-3-12)27(23,24)22-8-9-25-13(10-22)11-26-15-20-6-1-7-21-15/h1-7,13H,8-11H2. The second-order valence-corrected chi connectivity index (χ2v) is 7.66. The normalized spacial score (nSPS) is 19.0. The van der Waals surface area contributed by atoms with Crippen LogP contribution in [0.15, 0.2) is 47.6 Å². The molecular weight excluding hydrogens is 387 g/mol. The Hall–Kier alpha value is -2.24. The number of rotatable bonds is 5. The molecule has 7 nitrogen and oxygen atoms in total. The molecule has 1 aliphatic rings. The van der Waals surface area contributed by atoms with Gasteiger partial charge in [-0.2, -0.15) is 17.5 Å². The maximum absolute atomic E-state index is 12.7. The lowest BCUT2D eigenvalue weighted by atomic mass is 10.2. The molecule has 1 saturated heterocycles. The molecule has 1 aromatic carbocycles. The van der Waals surface area contributed by atoms with Gasteiger partial charge in [0, 0.05) is 25.5 Å². The molecule has 0 N–H and O–H groups in total. The lowest BCUT2D eigenvalue weighted by Crippen LogP contribution is -2.47. The largest absolute Gasteiger partial charge is 0.461 e. The van der Waals surface area contributed by atoms with E-state index in [1.54, 1.807) is 6.07 Å². The summed E-state index contributed by atoms with van der Waals surface area (Å²) in [5.41, 5.74) is -0.905. The van der Waals surface area contributed by atoms with Gasteiger partial charge in [0.25, 0.3) is 0 Å². The molecule has 0 amide bonds. The highest BCUT2D eigenvalue weighted by molar-refractivity contribution is 7.89. The Morgan fingerprint density at radius 2 is 1.85 bits per heavy atom. The van der Waals surface area contributed by atoms with Crippen LogP contribution in [-0.4, -0.2) is 55.1 Å². The molecule has 1 aromatic heterocycles. The molecule has 0 aliphatic carbocycles. The number of alkyl halides is 3. The predicted octanol–water partition coefficient (Wildman–Crippen LogP) is 1.96. The molecule has 1 atom stereocenters. The van der Waals surface area contributed by atoms with Crippen molar-refractivity contribution in [3.63, 3.8) is 0 Å². The minimum absolute atomic E-state index is 0.0101. The van der Waals surface area contributed by atoms with Crippen LogP contribution in [0.3, 0.4) is 0 Å². The number of benzene rings is 1. The summed E-state index contributed by atoms with van der Waals surface area (Å²) in [6, 6.07) is 5.18. The zero-order valence-corrected chi connectivity index (χ0v) is 14.8. The Morgan fingerprint density at radius 3 is 2.48 bits per heavy atom. The lowest BCUT2D eigenvalue weighted by Gasteiger charge is -2.31. The van der Waals surface area contributed by atoms with Crippen LogP contribution in [0.2, 0.25) is 0 Å². The van der Waals surface area contributed by atoms with Gasteiger partial charge in [-0.25, -0.2) is 18.4 Å². The number of sulfonamides is 1. The van der Waals surface area contributed by atoms with Crippen LogP contribution in [0.5, 0.6) is 6.01 Å². The minimum atomic E-state index is -4.52. The molecule has 1 aliphatic heterocycles. The van der Waals surface area contributed by atoms with E-state index in [2.05, 4.69) is 9.97 Å². The van der Waals surface area contributed by atoms with Crippen LogP contribution in [0, 0.1) is 0 Å². The van der Waals surface area contributed by atoms with Crippen molar-refractivity contribution in [2.24, 2.45) is 0 Å². The molecule has 1 unspecified atom stereocenters. The van der Waals surface area contributed by atoms with Gasteiger partial charge in [-0.05, 0) is 30.3 Å². The summed E-state index contributed by atoms with van der Waals surface area (Å²) in [5, 5.41) is 0. The highest BCUT2D eigenvalue weighted by Crippen LogP contribution is 2.30. The fourth-order valence-corrected chi connectivity index (χ4v) is 3.96. The van der Waals surface area contributed by atoms with E-state index in [1.165, 1.54) is 16.7 Å². The molecule has 0 saturated carbocycles. The van der Waals surface area contributed by atoms with Gasteiger partial charge in [0.05, 0.1) is 17.1 Å². The van der Waals surface area contributed by atoms with Gasteiger partial charge in [-0.1, -0.05) is 0 Å². The molecule has 27 heavy (non-hydrogen) atoms. The first-order chi connectivity index (χ1) is 12.8. The molecule has 0 bridgehead atoms. The quantitative estimate of drug-likeness (QED) is 0.759. The van der Waals surface area contributed by atoms with Gasteiger partial charge in [0.15, 0.2) is 0 Å². The number of ether oxygens (including phenoxy) is 2. The van der Waals surface area contributed by atoms with Crippen LogP contribution in [-0.2, 0) is 20.9 Å². The topological polar surface area (TPSA) is 81.6 Å². The van der Waals surface area contributed by atoms with Crippen molar-refractivity contribution < 1.29 is 31.1 Å². The third-order valence-electron chi connectivity index (χ3n) is 3.86. The van der Waals surface area contributed by atoms with Crippen molar-refractivity contribution in [1.82, 2.24) is 14.3 Å². The molecule has 11 heteroatoms. The zero-order chi connectivity index (χ0) is 19.5. The summed E-state index contributed by atoms with van der Waals surface area (Å²) in [4.78, 5) is 7.58. The average molecular weight is 403 g/mol. The number of nitrogens with zero attached hydrogens (tertiary/aromatic N) is 3. The van der Waals surface area contributed by atoms with E-state index in [-0.39, 0.29) is 37.2 Å². The SMILES string of the molecule is O=S(=O)(c1ccc(C(F)(F)F)cc1)N1CCOC(COc2ncccn2)C1. The summed E-state index contributed by atoms with van der Waals surface area (Å²) >= 11 is 0. The summed E-state index contributed by atoms with van der Waals surface area (Å²) in [6.45, 7) is 0.296. The van der Waals surface area contributed by atoms with Gasteiger partial charge in [0.2, 0.25) is 10.0 Å². The first-order valence-electron chi connectivity index (χ1n) is 7.95. The van der Waals surface area contributed by atoms with E-state index < -0.39 is 27.9 Å². The van der Waals surface area contributed by atoms with E-state index in [0.717, 1.165) is 24.3 Å². The maximum atomic E-state index is 12.7. The van der Waals surface area contributed by atoms with E-state index in [0.29, 0.717) is 0 Å². The Kier molecular flexibility index (Phi) is 5.63. The molecule has 3 rings (SSSR count). The third-order valence-corrected chi connectivity index (χ3v) is 5.74. The lowest BCUT2D eigenvalue weighted by molar-refractivity contribution is -0.137. The fourth-order valence-electron chi connectivity index (χ4n) is 2.50. The van der Waals surface area contributed by atoms with Crippen LogP contribution in [0.25, 0.3) is 0 Å². The number of morpholine rings is 1. The Labute approximate surface area is 153 Å². The summed E-state index contributed by atoms with van der Waals surface area (Å²) in [5.74, 6) is 0. The van der Waals surface area contributed by atoms with Crippen molar-refractivity contribution in [3.05, 3.63) is 48.3 Å². The second kappa shape index (κ2) is 7.79. The molecule has 0 radical (unpaired) electrons. The number of aromatic nitrogens is 2. The smallest absolute Gasteiger partial charge is 0.416 e. The van der Waals surface area contributed by atoms with E-state index in [9.17, 15) is 21.6 Å². The number of halogens is 3. The zero-order valence-electron chi connectivity index (χ0n) is 14.0. The molecular formula is C16H16F3N3O4S. The van der Waals surface area contributed by atoms with Crippen molar-refractivity contribution >= 4 is 10.0 Å². The van der Waals surface area contributed by atoms with E-state index in [4.69, 9.17) is 9.47 Å². The Balaban J connectivity index is 1.67. The van der Waals surface area contributed by atoms with Crippen LogP contribution in [0.1, 0.15) is 5.56 Å². The van der Waals surface area contributed by atoms with E-state index in [1.807, 2.05) is 0 Å². The predicted molar refractivity (Wildman–Crippen MR) is 87.5 cm³/mol. The van der Waals surface area contributed by atoms with Crippen LogP contribution >= 0.6 is 0 Å². The van der Waals surface area contributed by atoms with Crippen LogP contribution < -0.4 is 4.74 Å². The van der Waals surface area contributed by atoms with Crippen LogP contribution in [0.4, 0.5) is 13.2 Å². The molecule has 2 aromatic rings. The highest BCUT2D eigenvalue weighted by Gasteiger charge is 2.33. The monoisotopic (exact) mass is 403 g/mol. The van der Waals surface area contributed by atoms with Crippen molar-refractivity contribution in [2.45, 2.75) is 17.2 Å². The molecule has 0 spiro atoms. The maximum Gasteiger partial charge on any atom is 0.416 e. The first kappa shape index (κ1) is 19.5. The summed E-state index contributed by atoms with van der Waals surface area (Å²) in [6.07, 6.45) is -2.06. The van der Waals surface area contributed by atoms with Crippen molar-refractivity contribution in [2.75, 3.05) is 26.3 Å². The molecule has 1 fully saturated rings. The minimum Gasteiger partial charge on any atom is -0.461 e. The second-order valence-electron chi connectivity index (χ2n) is 5.72. The first-order valence-corrected chi connectivity index (χ1v) is 9.39. The van der Waals surface area contributed by atoms with Crippen molar-refractivity contribution in [3.8, 4) is 6.01 Å². The summed E-state index contributed by atoms with van der Waals surface area (Å²) in [7, 11) is -3.94. The van der Waals surface area contributed by atoms with Gasteiger partial charge in [-0.15, -0.1) is 0 Å². The van der Waals surface area contributed by atoms with E-state index >= 15 is 0 Å². The van der Waals surface area contributed by atoms with Gasteiger partial charge < -0.3 is 9.47 Å². The molecule has 146 valence electrons. The van der Waals surface area contributed by atoms with Crippen molar-refractivity contribution in [1.29, 1.82) is 0 Å². The number of hydrogen-bond acceptors (Lipinski definition) is 6. The summed E-state index contributed by atoms with van der Waals surface area (Å²) < 4.78 is 75.3. The van der Waals surface area contributed by atoms with Gasteiger partial charge in [-0.3, -0.25) is 0 Å². The molecule has 2 heterocycles. The van der Waals surface area contributed by atoms with Gasteiger partial charge in [0.1, 0.15) is 12.7 Å². The Morgan fingerprint density at radius 1 is 1.19 bits per heavy atom. The highest BCUT2D eigenvalue weighted by atomic mass is 32.2. The Bertz CT molecular complexity index is 861. The fraction of sp³-hybridized carbons (Fsp3) is 0.375. The average Bonchev–Trinajstić information content (AvgIpc) is 2.67.